The van der Waals surface area contributed by atoms with Crippen LogP contribution >= 0.6 is 11.6 Å². The van der Waals surface area contributed by atoms with Crippen LogP contribution in [0, 0.1) is 0 Å². The molecule has 0 fully saturated rings. The molecule has 1 aromatic carbocycles. The van der Waals surface area contributed by atoms with E-state index in [9.17, 15) is 4.79 Å². The van der Waals surface area contributed by atoms with Crippen LogP contribution in [-0.2, 0) is 4.74 Å². The number of anilines is 2. The zero-order valence-corrected chi connectivity index (χ0v) is 12.3. The zero-order valence-electron chi connectivity index (χ0n) is 11.6. The van der Waals surface area contributed by atoms with Crippen LogP contribution in [0.5, 0.6) is 5.75 Å². The fourth-order valence-corrected chi connectivity index (χ4v) is 1.76. The average molecular weight is 308 g/mol. The average Bonchev–Trinajstić information content (AvgIpc) is 2.48. The molecule has 0 bridgehead atoms. The van der Waals surface area contributed by atoms with E-state index in [1.807, 2.05) is 0 Å². The summed E-state index contributed by atoms with van der Waals surface area (Å²) in [6.07, 6.45) is 1.33. The maximum absolute atomic E-state index is 11.9. The van der Waals surface area contributed by atoms with Gasteiger partial charge in [0, 0.05) is 11.9 Å². The second kappa shape index (κ2) is 6.90. The molecule has 0 aliphatic rings. The Morgan fingerprint density at radius 2 is 2.05 bits per heavy atom. The fraction of sp³-hybridized carbons (Fsp3) is 0.214. The summed E-state index contributed by atoms with van der Waals surface area (Å²) in [5.41, 5.74) is 0.952. The molecule has 2 aromatic rings. The van der Waals surface area contributed by atoms with Gasteiger partial charge < -0.3 is 14.8 Å². The van der Waals surface area contributed by atoms with Crippen LogP contribution in [-0.4, -0.2) is 29.7 Å². The molecule has 1 heterocycles. The Morgan fingerprint density at radius 3 is 2.67 bits per heavy atom. The molecule has 0 aliphatic carbocycles. The number of methoxy groups -OCH3 is 1. The highest BCUT2D eigenvalue weighted by atomic mass is 35.5. The number of hydrogen-bond donors (Lipinski definition) is 1. The second-order valence-electron chi connectivity index (χ2n) is 3.98. The van der Waals surface area contributed by atoms with Crippen LogP contribution in [0.2, 0.25) is 5.28 Å². The summed E-state index contributed by atoms with van der Waals surface area (Å²) in [5.74, 6) is 0.510. The number of rotatable bonds is 5. The van der Waals surface area contributed by atoms with Gasteiger partial charge in [0.25, 0.3) is 0 Å². The Morgan fingerprint density at radius 1 is 1.33 bits per heavy atom. The van der Waals surface area contributed by atoms with Gasteiger partial charge in [-0.1, -0.05) is 0 Å². The van der Waals surface area contributed by atoms with Crippen molar-refractivity contribution in [1.82, 2.24) is 9.97 Å². The maximum atomic E-state index is 11.9. The number of aromatic nitrogens is 2. The highest BCUT2D eigenvalue weighted by Gasteiger charge is 2.15. The lowest BCUT2D eigenvalue weighted by Gasteiger charge is -2.10. The summed E-state index contributed by atoms with van der Waals surface area (Å²) in [5, 5.41) is 3.05. The van der Waals surface area contributed by atoms with E-state index in [1.54, 1.807) is 38.3 Å². The quantitative estimate of drug-likeness (QED) is 0.676. The minimum atomic E-state index is -0.509. The topological polar surface area (TPSA) is 73.3 Å². The molecule has 0 amide bonds. The van der Waals surface area contributed by atoms with Gasteiger partial charge in [0.15, 0.2) is 0 Å². The number of benzene rings is 1. The first-order valence-electron chi connectivity index (χ1n) is 6.24. The van der Waals surface area contributed by atoms with Crippen molar-refractivity contribution in [3.8, 4) is 5.75 Å². The van der Waals surface area contributed by atoms with E-state index in [4.69, 9.17) is 21.1 Å². The number of ether oxygens (including phenoxy) is 2. The van der Waals surface area contributed by atoms with Crippen LogP contribution in [0.25, 0.3) is 0 Å². The Labute approximate surface area is 127 Å². The molecule has 21 heavy (non-hydrogen) atoms. The van der Waals surface area contributed by atoms with Gasteiger partial charge in [-0.15, -0.1) is 0 Å². The minimum Gasteiger partial charge on any atom is -0.497 e. The second-order valence-corrected chi connectivity index (χ2v) is 4.31. The summed E-state index contributed by atoms with van der Waals surface area (Å²) in [4.78, 5) is 19.7. The third kappa shape index (κ3) is 3.82. The highest BCUT2D eigenvalue weighted by molar-refractivity contribution is 6.28. The molecule has 0 spiro atoms. The van der Waals surface area contributed by atoms with Gasteiger partial charge in [0.05, 0.1) is 13.7 Å². The molecule has 0 radical (unpaired) electrons. The molecular weight excluding hydrogens is 294 g/mol. The lowest BCUT2D eigenvalue weighted by atomic mass is 10.2. The fourth-order valence-electron chi connectivity index (χ4n) is 1.62. The van der Waals surface area contributed by atoms with Gasteiger partial charge in [0.1, 0.15) is 17.1 Å². The van der Waals surface area contributed by atoms with Crippen molar-refractivity contribution in [2.24, 2.45) is 0 Å². The van der Waals surface area contributed by atoms with Gasteiger partial charge in [-0.3, -0.25) is 0 Å². The summed E-state index contributed by atoms with van der Waals surface area (Å²) in [6, 6.07) is 7.16. The summed E-state index contributed by atoms with van der Waals surface area (Å²) in [6.45, 7) is 1.99. The van der Waals surface area contributed by atoms with Crippen molar-refractivity contribution in [1.29, 1.82) is 0 Å². The predicted molar refractivity (Wildman–Crippen MR) is 79.3 cm³/mol. The van der Waals surface area contributed by atoms with E-state index in [0.717, 1.165) is 11.4 Å². The lowest BCUT2D eigenvalue weighted by Crippen LogP contribution is -2.10. The smallest absolute Gasteiger partial charge is 0.343 e. The van der Waals surface area contributed by atoms with Gasteiger partial charge in [-0.05, 0) is 42.8 Å². The SMILES string of the molecule is CCOC(=O)c1cnc(Cl)nc1Nc1ccc(OC)cc1. The molecule has 6 nitrogen and oxygen atoms in total. The molecule has 7 heteroatoms. The number of nitrogens with one attached hydrogen (secondary N) is 1. The van der Waals surface area contributed by atoms with E-state index in [2.05, 4.69) is 15.3 Å². The minimum absolute atomic E-state index is 0.0408. The number of halogens is 1. The molecule has 0 aliphatic heterocycles. The molecule has 1 aromatic heterocycles. The number of carbonyl (C=O) groups excluding carboxylic acids is 1. The molecule has 110 valence electrons. The summed E-state index contributed by atoms with van der Waals surface area (Å²) >= 11 is 5.78. The maximum Gasteiger partial charge on any atom is 0.343 e. The summed E-state index contributed by atoms with van der Waals surface area (Å²) in [7, 11) is 1.59. The Bertz CT molecular complexity index is 632. The van der Waals surface area contributed by atoms with Gasteiger partial charge in [-0.25, -0.2) is 9.78 Å². The molecule has 1 N–H and O–H groups in total. The molecule has 0 saturated heterocycles. The standard InChI is InChI=1S/C14H14ClN3O3/c1-3-21-13(19)11-8-16-14(15)18-12(11)17-9-4-6-10(20-2)7-5-9/h4-8H,3H2,1-2H3,(H,16,17,18). The van der Waals surface area contributed by atoms with E-state index >= 15 is 0 Å². The van der Waals surface area contributed by atoms with Crippen molar-refractivity contribution >= 4 is 29.1 Å². The lowest BCUT2D eigenvalue weighted by molar-refractivity contribution is 0.0526. The van der Waals surface area contributed by atoms with Crippen molar-refractivity contribution in [3.05, 3.63) is 41.3 Å². The third-order valence-corrected chi connectivity index (χ3v) is 2.79. The highest BCUT2D eigenvalue weighted by Crippen LogP contribution is 2.22. The number of hydrogen-bond acceptors (Lipinski definition) is 6. The molecular formula is C14H14ClN3O3. The number of nitrogens with zero attached hydrogens (tertiary/aromatic N) is 2. The van der Waals surface area contributed by atoms with Crippen LogP contribution in [0.15, 0.2) is 30.5 Å². The van der Waals surface area contributed by atoms with Crippen molar-refractivity contribution in [3.63, 3.8) is 0 Å². The normalized spacial score (nSPS) is 10.0. The van der Waals surface area contributed by atoms with Crippen molar-refractivity contribution in [2.75, 3.05) is 19.0 Å². The largest absolute Gasteiger partial charge is 0.497 e. The Kier molecular flexibility index (Phi) is 4.94. The van der Waals surface area contributed by atoms with Crippen LogP contribution < -0.4 is 10.1 Å². The molecule has 2 rings (SSSR count). The zero-order chi connectivity index (χ0) is 15.2. The number of esters is 1. The van der Waals surface area contributed by atoms with E-state index < -0.39 is 5.97 Å². The van der Waals surface area contributed by atoms with Gasteiger partial charge in [0.2, 0.25) is 5.28 Å². The Hall–Kier alpha value is -2.34. The van der Waals surface area contributed by atoms with Crippen molar-refractivity contribution < 1.29 is 14.3 Å². The first-order chi connectivity index (χ1) is 10.1. The first kappa shape index (κ1) is 15.1. The molecule has 0 atom stereocenters. The van der Waals surface area contributed by atoms with E-state index in [-0.39, 0.29) is 17.5 Å². The monoisotopic (exact) mass is 307 g/mol. The van der Waals surface area contributed by atoms with Crippen LogP contribution in [0.1, 0.15) is 17.3 Å². The van der Waals surface area contributed by atoms with Crippen molar-refractivity contribution in [2.45, 2.75) is 6.92 Å². The summed E-state index contributed by atoms with van der Waals surface area (Å²) < 4.78 is 10.0. The van der Waals surface area contributed by atoms with Crippen LogP contribution in [0.4, 0.5) is 11.5 Å². The van der Waals surface area contributed by atoms with E-state index in [1.165, 1.54) is 6.20 Å². The Balaban J connectivity index is 2.28. The first-order valence-corrected chi connectivity index (χ1v) is 6.62. The molecule has 0 saturated carbocycles. The van der Waals surface area contributed by atoms with Gasteiger partial charge in [-0.2, -0.15) is 4.98 Å². The molecule has 0 unspecified atom stereocenters. The predicted octanol–water partition coefficient (Wildman–Crippen LogP) is 3.06. The number of carbonyl (C=O) groups is 1. The van der Waals surface area contributed by atoms with E-state index in [0.29, 0.717) is 5.82 Å². The third-order valence-electron chi connectivity index (χ3n) is 2.61. The van der Waals surface area contributed by atoms with Gasteiger partial charge >= 0.3 is 5.97 Å². The van der Waals surface area contributed by atoms with Crippen LogP contribution in [0.3, 0.4) is 0 Å².